The van der Waals surface area contributed by atoms with Gasteiger partial charge in [0.05, 0.1) is 11.1 Å². The number of nitrogens with one attached hydrogen (secondary N) is 2. The van der Waals surface area contributed by atoms with Crippen LogP contribution in [0.2, 0.25) is 10.0 Å². The molecule has 0 saturated heterocycles. The van der Waals surface area contributed by atoms with Crippen molar-refractivity contribution in [3.63, 3.8) is 0 Å². The summed E-state index contributed by atoms with van der Waals surface area (Å²) in [6.45, 7) is 1.90. The molecule has 1 aromatic carbocycles. The number of aromatic nitrogens is 2. The summed E-state index contributed by atoms with van der Waals surface area (Å²) in [5, 5.41) is 6.92. The van der Waals surface area contributed by atoms with Crippen LogP contribution in [-0.2, 0) is 16.4 Å². The zero-order chi connectivity index (χ0) is 14.0. The minimum Gasteiger partial charge on any atom is -0.264 e. The fraction of sp³-hybridized carbons (Fsp3) is 0.182. The summed E-state index contributed by atoms with van der Waals surface area (Å²) in [4.78, 5) is 0.00153. The molecule has 0 bridgehead atoms. The van der Waals surface area contributed by atoms with Crippen molar-refractivity contribution >= 4 is 39.0 Å². The summed E-state index contributed by atoms with van der Waals surface area (Å²) in [6.07, 6.45) is 2.23. The molecule has 0 amide bonds. The number of rotatable bonds is 4. The first kappa shape index (κ1) is 14.2. The molecule has 0 atom stereocenters. The number of halogens is 2. The molecule has 19 heavy (non-hydrogen) atoms. The molecule has 0 spiro atoms. The van der Waals surface area contributed by atoms with Crippen molar-refractivity contribution in [2.45, 2.75) is 18.2 Å². The predicted octanol–water partition coefficient (Wildman–Crippen LogP) is 3.08. The Balaban J connectivity index is 2.38. The first-order valence-corrected chi connectivity index (χ1v) is 7.67. The van der Waals surface area contributed by atoms with Crippen molar-refractivity contribution in [3.05, 3.63) is 40.0 Å². The molecule has 0 saturated carbocycles. The van der Waals surface area contributed by atoms with Gasteiger partial charge in [-0.3, -0.25) is 9.82 Å². The van der Waals surface area contributed by atoms with Crippen LogP contribution < -0.4 is 4.72 Å². The van der Waals surface area contributed by atoms with Crippen molar-refractivity contribution in [1.29, 1.82) is 0 Å². The zero-order valence-corrected chi connectivity index (χ0v) is 12.3. The summed E-state index contributed by atoms with van der Waals surface area (Å²) in [5.74, 6) is 0.346. The molecule has 0 aliphatic rings. The van der Waals surface area contributed by atoms with Crippen LogP contribution >= 0.6 is 23.2 Å². The van der Waals surface area contributed by atoms with Crippen LogP contribution in [0.4, 0.5) is 5.82 Å². The average molecular weight is 320 g/mol. The van der Waals surface area contributed by atoms with Crippen LogP contribution in [0.3, 0.4) is 0 Å². The van der Waals surface area contributed by atoms with Gasteiger partial charge in [-0.1, -0.05) is 30.1 Å². The van der Waals surface area contributed by atoms with Crippen LogP contribution in [0.15, 0.2) is 29.3 Å². The maximum absolute atomic E-state index is 12.2. The largest absolute Gasteiger partial charge is 0.264 e. The first-order valence-electron chi connectivity index (χ1n) is 5.43. The Bertz CT molecular complexity index is 677. The third-order valence-electron chi connectivity index (χ3n) is 2.48. The average Bonchev–Trinajstić information content (AvgIpc) is 2.74. The quantitative estimate of drug-likeness (QED) is 0.909. The highest BCUT2D eigenvalue weighted by molar-refractivity contribution is 7.92. The van der Waals surface area contributed by atoms with Gasteiger partial charge in [0.2, 0.25) is 0 Å². The Kier molecular flexibility index (Phi) is 4.03. The molecule has 5 nitrogen and oxygen atoms in total. The second-order valence-corrected chi connectivity index (χ2v) is 6.39. The minimum absolute atomic E-state index is 0.00153. The van der Waals surface area contributed by atoms with Crippen LogP contribution in [0.25, 0.3) is 0 Å². The number of H-pyrrole nitrogens is 1. The van der Waals surface area contributed by atoms with Gasteiger partial charge in [-0.25, -0.2) is 8.42 Å². The molecule has 1 aromatic heterocycles. The Morgan fingerprint density at radius 2 is 1.89 bits per heavy atom. The summed E-state index contributed by atoms with van der Waals surface area (Å²) in [6, 6.07) is 4.13. The number of sulfonamides is 1. The van der Waals surface area contributed by atoms with Gasteiger partial charge >= 0.3 is 0 Å². The van der Waals surface area contributed by atoms with E-state index >= 15 is 0 Å². The number of benzene rings is 1. The number of hydrogen-bond acceptors (Lipinski definition) is 3. The molecular formula is C11H11Cl2N3O2S. The standard InChI is InChI=1S/C11H11Cl2N3O2S/c1-2-7-6-14-15-11(7)16-19(17,18)10-4-8(12)3-9(13)5-10/h3-6H,2H2,1H3,(H2,14,15,16). The predicted molar refractivity (Wildman–Crippen MR) is 75.2 cm³/mol. The summed E-state index contributed by atoms with van der Waals surface area (Å²) >= 11 is 11.6. The Hall–Kier alpha value is -1.24. The van der Waals surface area contributed by atoms with Gasteiger partial charge in [0.1, 0.15) is 5.82 Å². The lowest BCUT2D eigenvalue weighted by Crippen LogP contribution is -2.14. The van der Waals surface area contributed by atoms with Crippen LogP contribution in [0.5, 0.6) is 0 Å². The molecule has 0 aliphatic heterocycles. The SMILES string of the molecule is CCc1cn[nH]c1NS(=O)(=O)c1cc(Cl)cc(Cl)c1. The van der Waals surface area contributed by atoms with Crippen LogP contribution in [0, 0.1) is 0 Å². The van der Waals surface area contributed by atoms with Crippen molar-refractivity contribution < 1.29 is 8.42 Å². The van der Waals surface area contributed by atoms with Gasteiger partial charge in [-0.2, -0.15) is 5.10 Å². The monoisotopic (exact) mass is 319 g/mol. The number of aryl methyl sites for hydroxylation is 1. The summed E-state index contributed by atoms with van der Waals surface area (Å²) in [5.41, 5.74) is 0.775. The Morgan fingerprint density at radius 3 is 2.47 bits per heavy atom. The van der Waals surface area contributed by atoms with E-state index in [1.165, 1.54) is 18.2 Å². The fourth-order valence-corrected chi connectivity index (χ4v) is 3.33. The molecular weight excluding hydrogens is 309 g/mol. The van der Waals surface area contributed by atoms with E-state index in [2.05, 4.69) is 14.9 Å². The fourth-order valence-electron chi connectivity index (χ4n) is 1.54. The topological polar surface area (TPSA) is 74.8 Å². The molecule has 0 fully saturated rings. The van der Waals surface area contributed by atoms with Crippen LogP contribution in [-0.4, -0.2) is 18.6 Å². The number of hydrogen-bond donors (Lipinski definition) is 2. The Labute approximate surface area is 121 Å². The van der Waals surface area contributed by atoms with Crippen molar-refractivity contribution in [1.82, 2.24) is 10.2 Å². The van der Waals surface area contributed by atoms with E-state index in [1.807, 2.05) is 6.92 Å². The highest BCUT2D eigenvalue weighted by Crippen LogP contribution is 2.24. The maximum atomic E-state index is 12.2. The van der Waals surface area contributed by atoms with Gasteiger partial charge in [0, 0.05) is 15.6 Å². The van der Waals surface area contributed by atoms with E-state index in [0.29, 0.717) is 12.2 Å². The lowest BCUT2D eigenvalue weighted by molar-refractivity contribution is 0.601. The van der Waals surface area contributed by atoms with E-state index in [4.69, 9.17) is 23.2 Å². The Morgan fingerprint density at radius 1 is 1.26 bits per heavy atom. The van der Waals surface area contributed by atoms with Crippen molar-refractivity contribution in [2.24, 2.45) is 0 Å². The smallest absolute Gasteiger partial charge is 0.263 e. The van der Waals surface area contributed by atoms with Crippen LogP contribution in [0.1, 0.15) is 12.5 Å². The molecule has 8 heteroatoms. The number of nitrogens with zero attached hydrogens (tertiary/aromatic N) is 1. The molecule has 0 aliphatic carbocycles. The van der Waals surface area contributed by atoms with E-state index in [1.54, 1.807) is 6.20 Å². The molecule has 0 radical (unpaired) electrons. The van der Waals surface area contributed by atoms with E-state index in [-0.39, 0.29) is 14.9 Å². The highest BCUT2D eigenvalue weighted by Gasteiger charge is 2.18. The van der Waals surface area contributed by atoms with E-state index in [0.717, 1.165) is 5.56 Å². The minimum atomic E-state index is -3.75. The molecule has 2 aromatic rings. The lowest BCUT2D eigenvalue weighted by atomic mass is 10.3. The summed E-state index contributed by atoms with van der Waals surface area (Å²) < 4.78 is 26.8. The molecule has 102 valence electrons. The second-order valence-electron chi connectivity index (χ2n) is 3.83. The number of anilines is 1. The third-order valence-corrected chi connectivity index (χ3v) is 4.25. The van der Waals surface area contributed by atoms with Gasteiger partial charge < -0.3 is 0 Å². The molecule has 2 rings (SSSR count). The van der Waals surface area contributed by atoms with E-state index < -0.39 is 10.0 Å². The first-order chi connectivity index (χ1) is 8.92. The second kappa shape index (κ2) is 5.40. The van der Waals surface area contributed by atoms with Gasteiger partial charge in [0.25, 0.3) is 10.0 Å². The van der Waals surface area contributed by atoms with Crippen molar-refractivity contribution in [3.8, 4) is 0 Å². The van der Waals surface area contributed by atoms with E-state index in [9.17, 15) is 8.42 Å². The van der Waals surface area contributed by atoms with Crippen molar-refractivity contribution in [2.75, 3.05) is 4.72 Å². The maximum Gasteiger partial charge on any atom is 0.263 e. The third kappa shape index (κ3) is 3.20. The lowest BCUT2D eigenvalue weighted by Gasteiger charge is -2.08. The zero-order valence-electron chi connectivity index (χ0n) is 9.94. The molecule has 0 unspecified atom stereocenters. The van der Waals surface area contributed by atoms with Gasteiger partial charge in [-0.15, -0.1) is 0 Å². The van der Waals surface area contributed by atoms with Gasteiger partial charge in [0.15, 0.2) is 0 Å². The summed E-state index contributed by atoms with van der Waals surface area (Å²) in [7, 11) is -3.75. The normalized spacial score (nSPS) is 11.5. The highest BCUT2D eigenvalue weighted by atomic mass is 35.5. The molecule has 1 heterocycles. The van der Waals surface area contributed by atoms with Gasteiger partial charge in [-0.05, 0) is 24.6 Å². The number of aromatic amines is 1. The molecule has 2 N–H and O–H groups in total.